The van der Waals surface area contributed by atoms with E-state index >= 15 is 0 Å². The van der Waals surface area contributed by atoms with Gasteiger partial charge in [0.15, 0.2) is 0 Å². The van der Waals surface area contributed by atoms with Gasteiger partial charge >= 0.3 is 17.1 Å². The monoisotopic (exact) mass is 542 g/mol. The van der Waals surface area contributed by atoms with Crippen LogP contribution in [-0.2, 0) is 17.1 Å². The molecular formula is C30H28Cl2FeN2. The maximum Gasteiger partial charge on any atom is 2.00 e. The Bertz CT molecular complexity index is 1380. The minimum atomic E-state index is 0. The number of nitrogens with zero attached hydrogens (tertiary/aromatic N) is 2. The van der Waals surface area contributed by atoms with Crippen LogP contribution < -0.4 is 24.8 Å². The molecule has 0 aliphatic rings. The van der Waals surface area contributed by atoms with E-state index in [4.69, 9.17) is 9.97 Å². The molecule has 0 saturated carbocycles. The largest absolute Gasteiger partial charge is 2.00 e. The molecule has 0 unspecified atom stereocenters. The summed E-state index contributed by atoms with van der Waals surface area (Å²) in [5, 5.41) is 2.23. The van der Waals surface area contributed by atoms with Gasteiger partial charge in [-0.1, -0.05) is 59.7 Å². The van der Waals surface area contributed by atoms with E-state index in [1.54, 1.807) is 0 Å². The average molecular weight is 543 g/mol. The number of rotatable bonds is 2. The fourth-order valence-electron chi connectivity index (χ4n) is 5.21. The Kier molecular flexibility index (Phi) is 9.14. The van der Waals surface area contributed by atoms with Crippen molar-refractivity contribution in [2.24, 2.45) is 0 Å². The van der Waals surface area contributed by atoms with E-state index in [-0.39, 0.29) is 41.9 Å². The molecule has 0 saturated heterocycles. The van der Waals surface area contributed by atoms with Gasteiger partial charge in [0.25, 0.3) is 0 Å². The van der Waals surface area contributed by atoms with Crippen molar-refractivity contribution in [3.8, 4) is 22.5 Å². The first-order valence-electron chi connectivity index (χ1n) is 11.2. The summed E-state index contributed by atoms with van der Waals surface area (Å²) in [5.41, 5.74) is 14.0. The molecule has 0 N–H and O–H groups in total. The first-order chi connectivity index (χ1) is 15.3. The maximum absolute atomic E-state index is 5.16. The van der Waals surface area contributed by atoms with Crippen LogP contribution >= 0.6 is 0 Å². The van der Waals surface area contributed by atoms with Crippen LogP contribution in [0, 0.1) is 41.5 Å². The van der Waals surface area contributed by atoms with Gasteiger partial charge in [0, 0.05) is 21.9 Å². The van der Waals surface area contributed by atoms with E-state index in [9.17, 15) is 0 Å². The summed E-state index contributed by atoms with van der Waals surface area (Å²) in [6.07, 6.45) is 0. The Morgan fingerprint density at radius 3 is 1.06 bits per heavy atom. The molecule has 2 nitrogen and oxygen atoms in total. The van der Waals surface area contributed by atoms with Gasteiger partial charge in [0.2, 0.25) is 0 Å². The predicted molar refractivity (Wildman–Crippen MR) is 136 cm³/mol. The van der Waals surface area contributed by atoms with Crippen LogP contribution in [-0.4, -0.2) is 9.97 Å². The van der Waals surface area contributed by atoms with Crippen LogP contribution in [0.5, 0.6) is 0 Å². The van der Waals surface area contributed by atoms with Gasteiger partial charge in [-0.25, -0.2) is 9.97 Å². The quantitative estimate of drug-likeness (QED) is 0.252. The van der Waals surface area contributed by atoms with Crippen LogP contribution in [0.1, 0.15) is 33.4 Å². The third-order valence-corrected chi connectivity index (χ3v) is 6.39. The third kappa shape index (κ3) is 5.25. The Morgan fingerprint density at radius 2 is 0.743 bits per heavy atom. The fraction of sp³-hybridized carbons (Fsp3) is 0.200. The second-order valence-corrected chi connectivity index (χ2v) is 9.15. The summed E-state index contributed by atoms with van der Waals surface area (Å²) in [7, 11) is 0. The topological polar surface area (TPSA) is 25.8 Å². The third-order valence-electron chi connectivity index (χ3n) is 6.39. The minimum Gasteiger partial charge on any atom is -1.00 e. The van der Waals surface area contributed by atoms with Crippen molar-refractivity contribution < 1.29 is 41.9 Å². The van der Waals surface area contributed by atoms with Crippen molar-refractivity contribution in [2.75, 3.05) is 0 Å². The van der Waals surface area contributed by atoms with Crippen molar-refractivity contribution in [1.29, 1.82) is 0 Å². The van der Waals surface area contributed by atoms with E-state index in [0.717, 1.165) is 33.2 Å². The number of hydrogen-bond donors (Lipinski definition) is 0. The number of benzene rings is 3. The molecule has 5 rings (SSSR count). The first-order valence-corrected chi connectivity index (χ1v) is 11.2. The van der Waals surface area contributed by atoms with Crippen molar-refractivity contribution in [1.82, 2.24) is 9.97 Å². The van der Waals surface area contributed by atoms with Crippen LogP contribution in [0.3, 0.4) is 0 Å². The smallest absolute Gasteiger partial charge is 1.00 e. The predicted octanol–water partition coefficient (Wildman–Crippen LogP) is 1.97. The zero-order valence-corrected chi connectivity index (χ0v) is 23.4. The molecule has 0 radical (unpaired) electrons. The summed E-state index contributed by atoms with van der Waals surface area (Å²) in [6.45, 7) is 13.0. The van der Waals surface area contributed by atoms with Gasteiger partial charge < -0.3 is 24.8 Å². The van der Waals surface area contributed by atoms with E-state index in [0.29, 0.717) is 0 Å². The molecule has 0 atom stereocenters. The molecule has 2 aromatic heterocycles. The summed E-state index contributed by atoms with van der Waals surface area (Å²) in [6, 6.07) is 21.8. The molecule has 0 bridgehead atoms. The second kappa shape index (κ2) is 11.1. The van der Waals surface area contributed by atoms with Gasteiger partial charge in [0.1, 0.15) is 0 Å². The van der Waals surface area contributed by atoms with Crippen LogP contribution in [0.4, 0.5) is 0 Å². The van der Waals surface area contributed by atoms with Gasteiger partial charge in [-0.3, -0.25) is 0 Å². The van der Waals surface area contributed by atoms with Crippen molar-refractivity contribution in [3.05, 3.63) is 94.0 Å². The standard InChI is InChI=1S/C30H28N2.2ClH.Fe/c1-17-13-19(3)27(20(4)14-17)25-11-9-23-7-8-24-10-12-26(32-30(24)29(23)31-25)28-21(5)15-18(2)16-22(28)6;;;/h7-16H,1-6H3;2*1H;/q;;;+2/p-2. The van der Waals surface area contributed by atoms with Crippen molar-refractivity contribution in [2.45, 2.75) is 41.5 Å². The summed E-state index contributed by atoms with van der Waals surface area (Å²) in [5.74, 6) is 0. The molecular weight excluding hydrogens is 515 g/mol. The molecule has 0 aliphatic carbocycles. The number of aromatic nitrogens is 2. The number of pyridine rings is 2. The SMILES string of the molecule is Cc1cc(C)c(-c2ccc3ccc4ccc(-c5c(C)cc(C)cc5C)nc4c3n2)c(C)c1.[Cl-].[Cl-].[Fe+2]. The van der Waals surface area contributed by atoms with Crippen LogP contribution in [0.25, 0.3) is 44.3 Å². The Balaban J connectivity index is 0.00000144. The van der Waals surface area contributed by atoms with E-state index < -0.39 is 0 Å². The second-order valence-electron chi connectivity index (χ2n) is 9.15. The Morgan fingerprint density at radius 1 is 0.457 bits per heavy atom. The summed E-state index contributed by atoms with van der Waals surface area (Å²) in [4.78, 5) is 10.3. The molecule has 0 amide bonds. The number of hydrogen-bond acceptors (Lipinski definition) is 2. The van der Waals surface area contributed by atoms with Gasteiger partial charge in [-0.05, 0) is 75.9 Å². The Labute approximate surface area is 230 Å². The van der Waals surface area contributed by atoms with Gasteiger partial charge in [-0.15, -0.1) is 0 Å². The molecule has 0 aliphatic heterocycles. The molecule has 0 fully saturated rings. The minimum absolute atomic E-state index is 0. The summed E-state index contributed by atoms with van der Waals surface area (Å²) < 4.78 is 0. The van der Waals surface area contributed by atoms with E-state index in [1.807, 2.05) is 0 Å². The molecule has 180 valence electrons. The number of halogens is 2. The normalized spacial score (nSPS) is 10.5. The average Bonchev–Trinajstić information content (AvgIpc) is 2.72. The zero-order valence-electron chi connectivity index (χ0n) is 20.8. The van der Waals surface area contributed by atoms with E-state index in [2.05, 4.69) is 102 Å². The molecule has 2 heterocycles. The molecule has 5 aromatic rings. The van der Waals surface area contributed by atoms with Crippen LogP contribution in [0.15, 0.2) is 60.7 Å². The molecule has 0 spiro atoms. The molecule has 35 heavy (non-hydrogen) atoms. The first kappa shape index (κ1) is 28.8. The maximum atomic E-state index is 5.16. The zero-order chi connectivity index (χ0) is 22.6. The number of aryl methyl sites for hydroxylation is 6. The molecule has 3 aromatic carbocycles. The van der Waals surface area contributed by atoms with Gasteiger partial charge in [-0.2, -0.15) is 0 Å². The molecule has 5 heteroatoms. The van der Waals surface area contributed by atoms with Crippen LogP contribution in [0.2, 0.25) is 0 Å². The fourth-order valence-corrected chi connectivity index (χ4v) is 5.21. The Hall–Kier alpha value is -2.42. The number of fused-ring (bicyclic) bond motifs is 3. The van der Waals surface area contributed by atoms with Crippen molar-refractivity contribution in [3.63, 3.8) is 0 Å². The summed E-state index contributed by atoms with van der Waals surface area (Å²) >= 11 is 0. The van der Waals surface area contributed by atoms with E-state index in [1.165, 1.54) is 44.5 Å². The van der Waals surface area contributed by atoms with Crippen molar-refractivity contribution >= 4 is 21.8 Å². The van der Waals surface area contributed by atoms with Gasteiger partial charge in [0.05, 0.1) is 22.4 Å².